The summed E-state index contributed by atoms with van der Waals surface area (Å²) in [6.07, 6.45) is 16.0. The smallest absolute Gasteiger partial charge is 0.231 e. The summed E-state index contributed by atoms with van der Waals surface area (Å²) < 4.78 is 5.52. The number of methoxy groups -OCH3 is 1. The summed E-state index contributed by atoms with van der Waals surface area (Å²) in [5.74, 6) is -0.580. The van der Waals surface area contributed by atoms with Crippen LogP contribution in [0.2, 0.25) is 0 Å². The van der Waals surface area contributed by atoms with Crippen molar-refractivity contribution in [3.05, 3.63) is 47.1 Å². The molecule has 1 saturated heterocycles. The highest BCUT2D eigenvalue weighted by Gasteiger charge is 2.43. The van der Waals surface area contributed by atoms with Crippen LogP contribution in [0.5, 0.6) is 0 Å². The molecule has 154 valence electrons. The Morgan fingerprint density at radius 1 is 1.36 bits per heavy atom. The molecule has 1 amide bonds. The molecule has 28 heavy (non-hydrogen) atoms. The first-order chi connectivity index (χ1) is 13.4. The summed E-state index contributed by atoms with van der Waals surface area (Å²) >= 11 is 6.42. The van der Waals surface area contributed by atoms with E-state index in [-0.39, 0.29) is 23.6 Å². The number of halogens is 1. The maximum absolute atomic E-state index is 13.4. The Morgan fingerprint density at radius 2 is 2.14 bits per heavy atom. The molecule has 0 aromatic carbocycles. The highest BCUT2D eigenvalue weighted by atomic mass is 35.5. The maximum Gasteiger partial charge on any atom is 0.231 e. The molecule has 2 aliphatic carbocycles. The van der Waals surface area contributed by atoms with Gasteiger partial charge in [0.1, 0.15) is 5.92 Å². The normalized spacial score (nSPS) is 29.4. The number of nitrogens with zero attached hydrogens (tertiary/aromatic N) is 1. The summed E-state index contributed by atoms with van der Waals surface area (Å²) in [5, 5.41) is 3.89. The molecule has 5 heteroatoms. The lowest BCUT2D eigenvalue weighted by Crippen LogP contribution is -2.61. The molecule has 1 N–H and O–H groups in total. The van der Waals surface area contributed by atoms with Gasteiger partial charge in [-0.3, -0.25) is 9.69 Å². The molecule has 4 nitrogen and oxygen atoms in total. The molecule has 3 rings (SSSR count). The number of ether oxygens (including phenoxy) is 1. The highest BCUT2D eigenvalue weighted by Crippen LogP contribution is 2.35. The van der Waals surface area contributed by atoms with Gasteiger partial charge in [-0.2, -0.15) is 0 Å². The summed E-state index contributed by atoms with van der Waals surface area (Å²) in [5.41, 5.74) is 1.09. The van der Waals surface area contributed by atoms with Gasteiger partial charge in [0.05, 0.1) is 12.1 Å². The second-order valence-corrected chi connectivity index (χ2v) is 9.04. The Kier molecular flexibility index (Phi) is 6.85. The van der Waals surface area contributed by atoms with E-state index in [1.165, 1.54) is 18.4 Å². The largest absolute Gasteiger partial charge is 0.376 e. The fraction of sp³-hybridized carbons (Fsp3) is 0.609. The number of hydrogen-bond donors (Lipinski definition) is 1. The van der Waals surface area contributed by atoms with Crippen molar-refractivity contribution in [2.45, 2.75) is 70.2 Å². The average Bonchev–Trinajstić information content (AvgIpc) is 3.13. The molecular formula is C23H33ClN2O2. The van der Waals surface area contributed by atoms with Crippen LogP contribution in [0.1, 0.15) is 46.5 Å². The van der Waals surface area contributed by atoms with Crippen molar-refractivity contribution in [2.24, 2.45) is 5.92 Å². The molecule has 0 radical (unpaired) electrons. The lowest BCUT2D eigenvalue weighted by Gasteiger charge is -2.46. The van der Waals surface area contributed by atoms with E-state index in [9.17, 15) is 4.79 Å². The van der Waals surface area contributed by atoms with Crippen molar-refractivity contribution in [3.8, 4) is 0 Å². The number of nitrogens with one attached hydrogen (secondary N) is 1. The SMILES string of the molecule is COC1C=CC=C(Cl)C1C(=O)NC(C1=CC=CCC1)C(C)(C)N1CCCC1C. The van der Waals surface area contributed by atoms with Gasteiger partial charge in [0.25, 0.3) is 0 Å². The number of carbonyl (C=O) groups excluding carboxylic acids is 1. The molecule has 0 spiro atoms. The van der Waals surface area contributed by atoms with Crippen LogP contribution in [0.15, 0.2) is 47.1 Å². The lowest BCUT2D eigenvalue weighted by atomic mass is 9.82. The topological polar surface area (TPSA) is 41.6 Å². The van der Waals surface area contributed by atoms with Gasteiger partial charge in [-0.15, -0.1) is 0 Å². The first-order valence-electron chi connectivity index (χ1n) is 10.4. The third-order valence-corrected chi connectivity index (χ3v) is 6.80. The van der Waals surface area contributed by atoms with E-state index >= 15 is 0 Å². The number of carbonyl (C=O) groups is 1. The molecule has 1 aliphatic heterocycles. The van der Waals surface area contributed by atoms with E-state index in [0.29, 0.717) is 11.1 Å². The van der Waals surface area contributed by atoms with Crippen molar-refractivity contribution in [1.29, 1.82) is 0 Å². The van der Waals surface area contributed by atoms with Gasteiger partial charge < -0.3 is 10.1 Å². The van der Waals surface area contributed by atoms with Crippen molar-refractivity contribution in [1.82, 2.24) is 10.2 Å². The van der Waals surface area contributed by atoms with Crippen LogP contribution in [0.4, 0.5) is 0 Å². The van der Waals surface area contributed by atoms with Crippen LogP contribution in [0.25, 0.3) is 0 Å². The molecule has 0 aromatic rings. The Labute approximate surface area is 174 Å². The predicted octanol–water partition coefficient (Wildman–Crippen LogP) is 4.33. The van der Waals surface area contributed by atoms with E-state index in [2.05, 4.69) is 49.2 Å². The number of rotatable bonds is 6. The van der Waals surface area contributed by atoms with E-state index < -0.39 is 5.92 Å². The third kappa shape index (κ3) is 4.29. The first kappa shape index (κ1) is 21.4. The second kappa shape index (κ2) is 8.98. The molecule has 4 atom stereocenters. The Hall–Kier alpha value is -1.36. The molecular weight excluding hydrogens is 372 g/mol. The van der Waals surface area contributed by atoms with Crippen LogP contribution in [0.3, 0.4) is 0 Å². The minimum Gasteiger partial charge on any atom is -0.376 e. The average molecular weight is 405 g/mol. The minimum atomic E-state index is -0.509. The fourth-order valence-electron chi connectivity index (χ4n) is 4.89. The fourth-order valence-corrected chi connectivity index (χ4v) is 5.19. The molecule has 1 fully saturated rings. The highest BCUT2D eigenvalue weighted by molar-refractivity contribution is 6.31. The first-order valence-corrected chi connectivity index (χ1v) is 10.7. The van der Waals surface area contributed by atoms with Gasteiger partial charge in [-0.05, 0) is 64.6 Å². The lowest BCUT2D eigenvalue weighted by molar-refractivity contribution is -0.128. The van der Waals surface area contributed by atoms with Crippen molar-refractivity contribution in [2.75, 3.05) is 13.7 Å². The number of amides is 1. The zero-order chi connectivity index (χ0) is 20.3. The molecule has 4 unspecified atom stereocenters. The molecule has 0 saturated carbocycles. The van der Waals surface area contributed by atoms with Gasteiger partial charge in [0.2, 0.25) is 5.91 Å². The predicted molar refractivity (Wildman–Crippen MR) is 115 cm³/mol. The second-order valence-electron chi connectivity index (χ2n) is 8.60. The quantitative estimate of drug-likeness (QED) is 0.716. The maximum atomic E-state index is 13.4. The van der Waals surface area contributed by atoms with Gasteiger partial charge in [0.15, 0.2) is 0 Å². The number of hydrogen-bond acceptors (Lipinski definition) is 3. The van der Waals surface area contributed by atoms with E-state index in [1.54, 1.807) is 13.2 Å². The summed E-state index contributed by atoms with van der Waals surface area (Å²) in [7, 11) is 1.62. The summed E-state index contributed by atoms with van der Waals surface area (Å²) in [6.45, 7) is 7.86. The van der Waals surface area contributed by atoms with Crippen LogP contribution < -0.4 is 5.32 Å². The molecule has 3 aliphatic rings. The van der Waals surface area contributed by atoms with Crippen LogP contribution in [0, 0.1) is 5.92 Å². The van der Waals surface area contributed by atoms with Crippen LogP contribution in [-0.4, -0.2) is 48.2 Å². The standard InChI is InChI=1S/C23H33ClN2O2/c1-16-10-9-15-26(16)23(2,3)21(17-11-6-5-7-12-17)25-22(27)20-18(24)13-8-14-19(20)28-4/h5-6,8,11,13-14,16,19-21H,7,9-10,12,15H2,1-4H3,(H,25,27). The van der Waals surface area contributed by atoms with Crippen molar-refractivity contribution < 1.29 is 9.53 Å². The number of allylic oxidation sites excluding steroid dienone is 5. The van der Waals surface area contributed by atoms with E-state index in [1.807, 2.05) is 12.2 Å². The van der Waals surface area contributed by atoms with Crippen LogP contribution in [-0.2, 0) is 9.53 Å². The zero-order valence-electron chi connectivity index (χ0n) is 17.5. The Balaban J connectivity index is 1.88. The number of likely N-dealkylation sites (tertiary alicyclic amines) is 1. The zero-order valence-corrected chi connectivity index (χ0v) is 18.2. The third-order valence-electron chi connectivity index (χ3n) is 6.44. The monoisotopic (exact) mass is 404 g/mol. The molecule has 0 aromatic heterocycles. The van der Waals surface area contributed by atoms with E-state index in [4.69, 9.17) is 16.3 Å². The summed E-state index contributed by atoms with van der Waals surface area (Å²) in [6, 6.07) is 0.445. The van der Waals surface area contributed by atoms with Gasteiger partial charge in [-0.25, -0.2) is 0 Å². The van der Waals surface area contributed by atoms with E-state index in [0.717, 1.165) is 19.4 Å². The molecule has 1 heterocycles. The molecule has 0 bridgehead atoms. The Bertz CT molecular complexity index is 707. The van der Waals surface area contributed by atoms with Crippen molar-refractivity contribution in [3.63, 3.8) is 0 Å². The summed E-state index contributed by atoms with van der Waals surface area (Å²) in [4.78, 5) is 15.9. The van der Waals surface area contributed by atoms with Gasteiger partial charge in [-0.1, -0.05) is 42.0 Å². The van der Waals surface area contributed by atoms with Gasteiger partial charge >= 0.3 is 0 Å². The van der Waals surface area contributed by atoms with Crippen LogP contribution >= 0.6 is 11.6 Å². The van der Waals surface area contributed by atoms with Crippen molar-refractivity contribution >= 4 is 17.5 Å². The minimum absolute atomic E-state index is 0.0709. The Morgan fingerprint density at radius 3 is 2.75 bits per heavy atom. The van der Waals surface area contributed by atoms with Gasteiger partial charge in [0, 0.05) is 23.7 Å².